The van der Waals surface area contributed by atoms with E-state index in [1.54, 1.807) is 11.3 Å². The van der Waals surface area contributed by atoms with Crippen molar-refractivity contribution in [3.05, 3.63) is 63.5 Å². The molecular formula is C25H27N5O2S2. The van der Waals surface area contributed by atoms with Crippen LogP contribution in [0.5, 0.6) is 0 Å². The highest BCUT2D eigenvalue weighted by atomic mass is 32.1. The van der Waals surface area contributed by atoms with Crippen molar-refractivity contribution in [2.45, 2.75) is 46.1 Å². The highest BCUT2D eigenvalue weighted by Gasteiger charge is 2.31. The first kappa shape index (κ1) is 22.7. The van der Waals surface area contributed by atoms with Crippen LogP contribution < -0.4 is 5.32 Å². The van der Waals surface area contributed by atoms with Crippen LogP contribution in [0, 0.1) is 20.8 Å². The lowest BCUT2D eigenvalue weighted by Gasteiger charge is -2.35. The Morgan fingerprint density at radius 3 is 2.85 bits per heavy atom. The summed E-state index contributed by atoms with van der Waals surface area (Å²) < 4.78 is 1.82. The van der Waals surface area contributed by atoms with Crippen molar-refractivity contribution in [1.29, 1.82) is 0 Å². The summed E-state index contributed by atoms with van der Waals surface area (Å²) in [6, 6.07) is 8.12. The standard InChI is InChI=1S/C25H27N5O2S2/c1-15-7-6-8-18(13-15)22-20(28-17(3)34-22)24(32)29-10-5-4-9-19(29)14-26-23(31)21-16(2)27-25-30(21)11-12-33-25/h6-8,11-13,19H,4-5,9-10,14H2,1-3H3,(H,26,31)/t19-/m0/s1. The first-order valence-corrected chi connectivity index (χ1v) is 13.2. The van der Waals surface area contributed by atoms with Gasteiger partial charge < -0.3 is 10.2 Å². The number of rotatable bonds is 5. The summed E-state index contributed by atoms with van der Waals surface area (Å²) in [6.07, 6.45) is 4.71. The third-order valence-electron chi connectivity index (χ3n) is 6.25. The van der Waals surface area contributed by atoms with Crippen molar-refractivity contribution in [2.24, 2.45) is 0 Å². The lowest BCUT2D eigenvalue weighted by molar-refractivity contribution is 0.0597. The summed E-state index contributed by atoms with van der Waals surface area (Å²) in [7, 11) is 0. The second-order valence-corrected chi connectivity index (χ2v) is 10.8. The number of aryl methyl sites for hydroxylation is 3. The van der Waals surface area contributed by atoms with Crippen LogP contribution in [0.4, 0.5) is 0 Å². The van der Waals surface area contributed by atoms with E-state index in [2.05, 4.69) is 21.4 Å². The van der Waals surface area contributed by atoms with E-state index in [0.29, 0.717) is 30.2 Å². The number of hydrogen-bond donors (Lipinski definition) is 1. The minimum Gasteiger partial charge on any atom is -0.349 e. The highest BCUT2D eigenvalue weighted by Crippen LogP contribution is 2.32. The van der Waals surface area contributed by atoms with E-state index < -0.39 is 0 Å². The minimum atomic E-state index is -0.161. The van der Waals surface area contributed by atoms with E-state index in [1.165, 1.54) is 11.3 Å². The zero-order chi connectivity index (χ0) is 23.8. The second kappa shape index (κ2) is 9.31. The number of carbonyl (C=O) groups excluding carboxylic acids is 2. The van der Waals surface area contributed by atoms with Crippen LogP contribution in [0.3, 0.4) is 0 Å². The number of thiazole rings is 2. The lowest BCUT2D eigenvalue weighted by atomic mass is 10.0. The predicted molar refractivity (Wildman–Crippen MR) is 136 cm³/mol. The molecule has 1 atom stereocenters. The molecule has 0 bridgehead atoms. The maximum atomic E-state index is 13.7. The van der Waals surface area contributed by atoms with Crippen LogP contribution >= 0.6 is 22.7 Å². The molecule has 176 valence electrons. The predicted octanol–water partition coefficient (Wildman–Crippen LogP) is 4.87. The summed E-state index contributed by atoms with van der Waals surface area (Å²) in [5.74, 6) is -0.216. The number of fused-ring (bicyclic) bond motifs is 1. The van der Waals surface area contributed by atoms with Gasteiger partial charge >= 0.3 is 0 Å². The Labute approximate surface area is 206 Å². The molecule has 5 rings (SSSR count). The van der Waals surface area contributed by atoms with Gasteiger partial charge in [-0.05, 0) is 45.6 Å². The summed E-state index contributed by atoms with van der Waals surface area (Å²) in [6.45, 7) is 6.92. The molecule has 4 aromatic rings. The van der Waals surface area contributed by atoms with Gasteiger partial charge in [0.05, 0.1) is 15.6 Å². The SMILES string of the molecule is Cc1cccc(-c2sc(C)nc2C(=O)N2CCCC[C@H]2CNC(=O)c2c(C)nc3sccn23)c1. The van der Waals surface area contributed by atoms with Crippen molar-refractivity contribution in [2.75, 3.05) is 13.1 Å². The Morgan fingerprint density at radius 2 is 2.03 bits per heavy atom. The lowest BCUT2D eigenvalue weighted by Crippen LogP contribution is -2.49. The van der Waals surface area contributed by atoms with Gasteiger partial charge in [0.1, 0.15) is 11.4 Å². The van der Waals surface area contributed by atoms with E-state index in [4.69, 9.17) is 0 Å². The van der Waals surface area contributed by atoms with E-state index in [-0.39, 0.29) is 17.9 Å². The Kier molecular flexibility index (Phi) is 6.22. The fraction of sp³-hybridized carbons (Fsp3) is 0.360. The third-order valence-corrected chi connectivity index (χ3v) is 8.03. The number of amides is 2. The average molecular weight is 494 g/mol. The Hall–Kier alpha value is -3.04. The van der Waals surface area contributed by atoms with Gasteiger partial charge in [-0.3, -0.25) is 14.0 Å². The minimum absolute atomic E-state index is 0.0550. The second-order valence-electron chi connectivity index (χ2n) is 8.74. The first-order chi connectivity index (χ1) is 16.4. The largest absolute Gasteiger partial charge is 0.349 e. The smallest absolute Gasteiger partial charge is 0.274 e. The maximum Gasteiger partial charge on any atom is 0.274 e. The molecule has 1 fully saturated rings. The molecule has 1 saturated heterocycles. The number of imidazole rings is 1. The van der Waals surface area contributed by atoms with Gasteiger partial charge in [-0.25, -0.2) is 9.97 Å². The van der Waals surface area contributed by atoms with Crippen LogP contribution in [-0.2, 0) is 0 Å². The first-order valence-electron chi connectivity index (χ1n) is 11.5. The number of benzene rings is 1. The summed E-state index contributed by atoms with van der Waals surface area (Å²) >= 11 is 3.06. The molecule has 3 aromatic heterocycles. The van der Waals surface area contributed by atoms with E-state index >= 15 is 0 Å². The molecule has 0 aliphatic carbocycles. The van der Waals surface area contributed by atoms with Crippen molar-refractivity contribution in [1.82, 2.24) is 24.6 Å². The maximum absolute atomic E-state index is 13.7. The molecule has 4 heterocycles. The highest BCUT2D eigenvalue weighted by molar-refractivity contribution is 7.15. The van der Waals surface area contributed by atoms with Gasteiger partial charge in [0.25, 0.3) is 11.8 Å². The quantitative estimate of drug-likeness (QED) is 0.430. The van der Waals surface area contributed by atoms with Crippen molar-refractivity contribution < 1.29 is 9.59 Å². The molecule has 1 aliphatic heterocycles. The number of carbonyl (C=O) groups is 2. The molecule has 0 unspecified atom stereocenters. The average Bonchev–Trinajstić information content (AvgIpc) is 3.51. The number of piperidine rings is 1. The van der Waals surface area contributed by atoms with Crippen molar-refractivity contribution >= 4 is 39.4 Å². The molecule has 34 heavy (non-hydrogen) atoms. The topological polar surface area (TPSA) is 79.6 Å². The van der Waals surface area contributed by atoms with Gasteiger partial charge in [-0.15, -0.1) is 22.7 Å². The molecular weight excluding hydrogens is 466 g/mol. The molecule has 1 N–H and O–H groups in total. The molecule has 7 nitrogen and oxygen atoms in total. The summed E-state index contributed by atoms with van der Waals surface area (Å²) in [5.41, 5.74) is 3.95. The normalized spacial score (nSPS) is 16.2. The Morgan fingerprint density at radius 1 is 1.18 bits per heavy atom. The van der Waals surface area contributed by atoms with Gasteiger partial charge in [-0.1, -0.05) is 29.8 Å². The summed E-state index contributed by atoms with van der Waals surface area (Å²) in [4.78, 5) is 39.5. The van der Waals surface area contributed by atoms with Gasteiger partial charge in [0, 0.05) is 30.7 Å². The molecule has 1 aromatic carbocycles. The van der Waals surface area contributed by atoms with E-state index in [1.807, 2.05) is 59.8 Å². The Bertz CT molecular complexity index is 1370. The molecule has 0 spiro atoms. The summed E-state index contributed by atoms with van der Waals surface area (Å²) in [5, 5.41) is 5.86. The van der Waals surface area contributed by atoms with Crippen molar-refractivity contribution in [3.8, 4) is 10.4 Å². The van der Waals surface area contributed by atoms with Crippen LogP contribution in [0.1, 0.15) is 56.5 Å². The van der Waals surface area contributed by atoms with E-state index in [9.17, 15) is 9.59 Å². The Balaban J connectivity index is 1.36. The van der Waals surface area contributed by atoms with Crippen LogP contribution in [0.15, 0.2) is 35.8 Å². The molecule has 1 aliphatic rings. The fourth-order valence-electron chi connectivity index (χ4n) is 4.63. The van der Waals surface area contributed by atoms with Crippen LogP contribution in [0.2, 0.25) is 0 Å². The number of nitrogens with zero attached hydrogens (tertiary/aromatic N) is 4. The number of nitrogens with one attached hydrogen (secondary N) is 1. The molecule has 0 saturated carbocycles. The van der Waals surface area contributed by atoms with Crippen molar-refractivity contribution in [3.63, 3.8) is 0 Å². The number of hydrogen-bond acceptors (Lipinski definition) is 6. The van der Waals surface area contributed by atoms with Gasteiger partial charge in [0.2, 0.25) is 0 Å². The van der Waals surface area contributed by atoms with Crippen LogP contribution in [0.25, 0.3) is 15.4 Å². The van der Waals surface area contributed by atoms with Gasteiger partial charge in [-0.2, -0.15) is 0 Å². The van der Waals surface area contributed by atoms with Crippen LogP contribution in [-0.4, -0.2) is 50.2 Å². The fourth-order valence-corrected chi connectivity index (χ4v) is 6.30. The third kappa shape index (κ3) is 4.25. The number of aromatic nitrogens is 3. The number of likely N-dealkylation sites (tertiary alicyclic amines) is 1. The molecule has 0 radical (unpaired) electrons. The molecule has 2 amide bonds. The zero-order valence-corrected chi connectivity index (χ0v) is 21.1. The molecule has 9 heteroatoms. The monoisotopic (exact) mass is 493 g/mol. The zero-order valence-electron chi connectivity index (χ0n) is 19.5. The van der Waals surface area contributed by atoms with E-state index in [0.717, 1.165) is 45.2 Å². The van der Waals surface area contributed by atoms with Gasteiger partial charge in [0.15, 0.2) is 4.96 Å².